The molecule has 1 atom stereocenters. The molecule has 1 saturated heterocycles. The monoisotopic (exact) mass is 368 g/mol. The molecule has 7 nitrogen and oxygen atoms in total. The summed E-state index contributed by atoms with van der Waals surface area (Å²) in [6.07, 6.45) is 3.96. The number of hydrogen-bond acceptors (Lipinski definition) is 6. The van der Waals surface area contributed by atoms with E-state index in [1.165, 1.54) is 28.7 Å². The SMILES string of the molecule is O=C(NCC(c1cccs1)N1CCCC1)c1cccc(-n2cnnn2)c1. The van der Waals surface area contributed by atoms with Gasteiger partial charge in [0, 0.05) is 17.0 Å². The van der Waals surface area contributed by atoms with Crippen molar-refractivity contribution >= 4 is 17.2 Å². The second-order valence-electron chi connectivity index (χ2n) is 6.29. The van der Waals surface area contributed by atoms with Gasteiger partial charge in [-0.1, -0.05) is 12.1 Å². The van der Waals surface area contributed by atoms with Crippen LogP contribution in [0.4, 0.5) is 0 Å². The first-order valence-electron chi connectivity index (χ1n) is 8.70. The molecule has 1 aromatic carbocycles. The third-order valence-electron chi connectivity index (χ3n) is 4.63. The minimum absolute atomic E-state index is 0.0827. The van der Waals surface area contributed by atoms with E-state index in [-0.39, 0.29) is 11.9 Å². The summed E-state index contributed by atoms with van der Waals surface area (Å²) in [5.41, 5.74) is 1.36. The molecule has 134 valence electrons. The van der Waals surface area contributed by atoms with E-state index in [1.54, 1.807) is 23.5 Å². The Morgan fingerprint density at radius 1 is 1.23 bits per heavy atom. The fourth-order valence-corrected chi connectivity index (χ4v) is 4.17. The van der Waals surface area contributed by atoms with Crippen LogP contribution < -0.4 is 5.32 Å². The van der Waals surface area contributed by atoms with Gasteiger partial charge in [0.1, 0.15) is 6.33 Å². The molecule has 1 aliphatic rings. The Morgan fingerprint density at radius 2 is 2.12 bits per heavy atom. The van der Waals surface area contributed by atoms with E-state index >= 15 is 0 Å². The van der Waals surface area contributed by atoms with Gasteiger partial charge in [-0.15, -0.1) is 16.4 Å². The molecule has 1 N–H and O–H groups in total. The van der Waals surface area contributed by atoms with Crippen molar-refractivity contribution in [2.75, 3.05) is 19.6 Å². The number of aromatic nitrogens is 4. The molecule has 3 aromatic rings. The van der Waals surface area contributed by atoms with Crippen molar-refractivity contribution in [2.24, 2.45) is 0 Å². The van der Waals surface area contributed by atoms with E-state index in [0.29, 0.717) is 12.1 Å². The summed E-state index contributed by atoms with van der Waals surface area (Å²) in [4.78, 5) is 16.4. The number of hydrogen-bond donors (Lipinski definition) is 1. The summed E-state index contributed by atoms with van der Waals surface area (Å²) >= 11 is 1.75. The third-order valence-corrected chi connectivity index (χ3v) is 5.60. The Labute approximate surface area is 155 Å². The Hall–Kier alpha value is -2.58. The molecule has 1 amide bonds. The largest absolute Gasteiger partial charge is 0.350 e. The predicted molar refractivity (Wildman–Crippen MR) is 99.4 cm³/mol. The predicted octanol–water partition coefficient (Wildman–Crippen LogP) is 2.29. The van der Waals surface area contributed by atoms with Gasteiger partial charge in [-0.25, -0.2) is 4.68 Å². The molecule has 1 aliphatic heterocycles. The molecular formula is C18H20N6OS. The lowest BCUT2D eigenvalue weighted by molar-refractivity contribution is 0.0938. The molecule has 8 heteroatoms. The molecule has 3 heterocycles. The molecule has 26 heavy (non-hydrogen) atoms. The number of likely N-dealkylation sites (tertiary alicyclic amines) is 1. The van der Waals surface area contributed by atoms with Crippen molar-refractivity contribution in [1.29, 1.82) is 0 Å². The fraction of sp³-hybridized carbons (Fsp3) is 0.333. The van der Waals surface area contributed by atoms with Gasteiger partial charge in [-0.05, 0) is 66.0 Å². The van der Waals surface area contributed by atoms with E-state index in [1.807, 2.05) is 12.1 Å². The maximum Gasteiger partial charge on any atom is 0.251 e. The number of amides is 1. The number of rotatable bonds is 6. The van der Waals surface area contributed by atoms with Gasteiger partial charge < -0.3 is 5.32 Å². The first kappa shape index (κ1) is 16.9. The molecule has 1 unspecified atom stereocenters. The topological polar surface area (TPSA) is 75.9 Å². The van der Waals surface area contributed by atoms with Crippen molar-refractivity contribution in [3.63, 3.8) is 0 Å². The molecular weight excluding hydrogens is 348 g/mol. The number of carbonyl (C=O) groups excluding carboxylic acids is 1. The molecule has 0 radical (unpaired) electrons. The van der Waals surface area contributed by atoms with Gasteiger partial charge in [0.15, 0.2) is 0 Å². The van der Waals surface area contributed by atoms with Crippen LogP contribution >= 0.6 is 11.3 Å². The highest BCUT2D eigenvalue weighted by molar-refractivity contribution is 7.10. The minimum atomic E-state index is -0.0827. The fourth-order valence-electron chi connectivity index (χ4n) is 3.30. The standard InChI is InChI=1S/C18H20N6OS/c25-18(14-5-3-6-15(11-14)24-13-20-21-22-24)19-12-16(17-7-4-10-26-17)23-8-1-2-9-23/h3-7,10-11,13,16H,1-2,8-9,12H2,(H,19,25). The first-order valence-corrected chi connectivity index (χ1v) is 9.58. The number of carbonyl (C=O) groups is 1. The maximum atomic E-state index is 12.7. The van der Waals surface area contributed by atoms with Gasteiger partial charge in [-0.3, -0.25) is 9.69 Å². The van der Waals surface area contributed by atoms with Gasteiger partial charge in [0.2, 0.25) is 0 Å². The highest BCUT2D eigenvalue weighted by atomic mass is 32.1. The summed E-state index contributed by atoms with van der Waals surface area (Å²) in [5, 5.41) is 16.3. The lowest BCUT2D eigenvalue weighted by atomic mass is 10.1. The van der Waals surface area contributed by atoms with Crippen LogP contribution in [-0.4, -0.2) is 50.6 Å². The summed E-state index contributed by atoms with van der Waals surface area (Å²) < 4.78 is 1.54. The van der Waals surface area contributed by atoms with Crippen LogP contribution in [0.2, 0.25) is 0 Å². The van der Waals surface area contributed by atoms with Crippen molar-refractivity contribution < 1.29 is 4.79 Å². The zero-order valence-electron chi connectivity index (χ0n) is 14.3. The minimum Gasteiger partial charge on any atom is -0.350 e. The molecule has 0 aliphatic carbocycles. The molecule has 0 saturated carbocycles. The van der Waals surface area contributed by atoms with E-state index < -0.39 is 0 Å². The van der Waals surface area contributed by atoms with Crippen molar-refractivity contribution in [3.8, 4) is 5.69 Å². The quantitative estimate of drug-likeness (QED) is 0.722. The number of nitrogens with one attached hydrogen (secondary N) is 1. The highest BCUT2D eigenvalue weighted by Gasteiger charge is 2.24. The van der Waals surface area contributed by atoms with Crippen molar-refractivity contribution in [1.82, 2.24) is 30.4 Å². The van der Waals surface area contributed by atoms with E-state index in [4.69, 9.17) is 0 Å². The average Bonchev–Trinajstić information content (AvgIpc) is 3.45. The van der Waals surface area contributed by atoms with Gasteiger partial charge in [0.25, 0.3) is 5.91 Å². The summed E-state index contributed by atoms with van der Waals surface area (Å²) in [7, 11) is 0. The second kappa shape index (κ2) is 7.76. The van der Waals surface area contributed by atoms with Crippen molar-refractivity contribution in [2.45, 2.75) is 18.9 Å². The van der Waals surface area contributed by atoms with Crippen LogP contribution in [0.25, 0.3) is 5.69 Å². The summed E-state index contributed by atoms with van der Waals surface area (Å²) in [5.74, 6) is -0.0827. The maximum absolute atomic E-state index is 12.7. The van der Waals surface area contributed by atoms with Crippen LogP contribution in [0.15, 0.2) is 48.1 Å². The normalized spacial score (nSPS) is 15.8. The Kier molecular flexibility index (Phi) is 5.03. The van der Waals surface area contributed by atoms with Crippen LogP contribution in [0.5, 0.6) is 0 Å². The third kappa shape index (κ3) is 3.66. The lowest BCUT2D eigenvalue weighted by Crippen LogP contribution is -2.36. The van der Waals surface area contributed by atoms with E-state index in [2.05, 4.69) is 43.3 Å². The molecule has 0 spiro atoms. The van der Waals surface area contributed by atoms with Gasteiger partial charge >= 0.3 is 0 Å². The molecule has 2 aromatic heterocycles. The highest BCUT2D eigenvalue weighted by Crippen LogP contribution is 2.27. The van der Waals surface area contributed by atoms with Gasteiger partial charge in [-0.2, -0.15) is 0 Å². The van der Waals surface area contributed by atoms with Crippen LogP contribution in [0.1, 0.15) is 34.1 Å². The summed E-state index contributed by atoms with van der Waals surface area (Å²) in [6.45, 7) is 2.79. The number of tetrazole rings is 1. The Morgan fingerprint density at radius 3 is 2.85 bits per heavy atom. The average molecular weight is 368 g/mol. The Balaban J connectivity index is 1.46. The zero-order valence-corrected chi connectivity index (χ0v) is 15.1. The summed E-state index contributed by atoms with van der Waals surface area (Å²) in [6, 6.07) is 11.8. The van der Waals surface area contributed by atoms with E-state index in [0.717, 1.165) is 18.8 Å². The van der Waals surface area contributed by atoms with Gasteiger partial charge in [0.05, 0.1) is 11.7 Å². The first-order chi connectivity index (χ1) is 12.8. The van der Waals surface area contributed by atoms with Crippen LogP contribution in [-0.2, 0) is 0 Å². The smallest absolute Gasteiger partial charge is 0.251 e. The lowest BCUT2D eigenvalue weighted by Gasteiger charge is -2.27. The molecule has 0 bridgehead atoms. The molecule has 1 fully saturated rings. The van der Waals surface area contributed by atoms with E-state index in [9.17, 15) is 4.79 Å². The number of benzene rings is 1. The Bertz CT molecular complexity index is 842. The van der Waals surface area contributed by atoms with Crippen LogP contribution in [0.3, 0.4) is 0 Å². The van der Waals surface area contributed by atoms with Crippen molar-refractivity contribution in [3.05, 3.63) is 58.5 Å². The number of thiophene rings is 1. The second-order valence-corrected chi connectivity index (χ2v) is 7.27. The number of nitrogens with zero attached hydrogens (tertiary/aromatic N) is 5. The van der Waals surface area contributed by atoms with Crippen LogP contribution in [0, 0.1) is 0 Å². The molecule has 4 rings (SSSR count). The zero-order chi connectivity index (χ0) is 17.8.